The monoisotopic (exact) mass is 438 g/mol. The van der Waals surface area contributed by atoms with Crippen LogP contribution in [0, 0.1) is 0 Å². The van der Waals surface area contributed by atoms with Gasteiger partial charge in [-0.3, -0.25) is 4.98 Å². The third-order valence-corrected chi connectivity index (χ3v) is 6.01. The van der Waals surface area contributed by atoms with Crippen molar-refractivity contribution in [1.29, 1.82) is 0 Å². The van der Waals surface area contributed by atoms with Crippen molar-refractivity contribution in [2.45, 2.75) is 13.0 Å². The molecule has 0 radical (unpaired) electrons. The van der Waals surface area contributed by atoms with Crippen LogP contribution in [0.3, 0.4) is 0 Å². The molecule has 0 amide bonds. The molecule has 0 saturated heterocycles. The van der Waals surface area contributed by atoms with Crippen LogP contribution in [0.4, 0.5) is 5.95 Å². The molecule has 1 atom stereocenters. The van der Waals surface area contributed by atoms with Crippen LogP contribution in [0.5, 0.6) is 0 Å². The lowest BCUT2D eigenvalue weighted by molar-refractivity contribution is 0.832. The topological polar surface area (TPSA) is 42.7 Å². The molecule has 5 rings (SSSR count). The second kappa shape index (κ2) is 8.48. The Bertz CT molecular complexity index is 1360. The first-order chi connectivity index (χ1) is 15.6. The Labute approximate surface area is 192 Å². The van der Waals surface area contributed by atoms with Gasteiger partial charge in [-0.05, 0) is 48.4 Å². The zero-order valence-corrected chi connectivity index (χ0v) is 18.7. The van der Waals surface area contributed by atoms with Crippen molar-refractivity contribution >= 4 is 28.6 Å². The molecule has 0 bridgehead atoms. The number of nitrogens with one attached hydrogen (secondary N) is 1. The average Bonchev–Trinajstić information content (AvgIpc) is 3.14. The SMILES string of the molecule is C[C@H](Nc1nc2cc(-c3ccc(-c4ccc(Cl)cc4)cn3)ccc2n1C)c1ccccc1. The number of pyridine rings is 1. The number of halogens is 1. The molecule has 32 heavy (non-hydrogen) atoms. The Morgan fingerprint density at radius 3 is 2.28 bits per heavy atom. The van der Waals surface area contributed by atoms with E-state index in [1.54, 1.807) is 0 Å². The first-order valence-electron chi connectivity index (χ1n) is 10.6. The van der Waals surface area contributed by atoms with E-state index in [-0.39, 0.29) is 6.04 Å². The molecule has 0 aliphatic carbocycles. The lowest BCUT2D eigenvalue weighted by atomic mass is 10.1. The van der Waals surface area contributed by atoms with Crippen LogP contribution in [0.2, 0.25) is 5.02 Å². The van der Waals surface area contributed by atoms with Gasteiger partial charge in [-0.25, -0.2) is 4.98 Å². The summed E-state index contributed by atoms with van der Waals surface area (Å²) in [6, 6.07) is 28.8. The second-order valence-corrected chi connectivity index (χ2v) is 8.35. The van der Waals surface area contributed by atoms with Gasteiger partial charge in [-0.2, -0.15) is 0 Å². The summed E-state index contributed by atoms with van der Waals surface area (Å²) < 4.78 is 2.09. The van der Waals surface area contributed by atoms with Crippen molar-refractivity contribution in [3.8, 4) is 22.4 Å². The molecule has 4 nitrogen and oxygen atoms in total. The normalized spacial score (nSPS) is 12.1. The fourth-order valence-electron chi connectivity index (χ4n) is 3.88. The summed E-state index contributed by atoms with van der Waals surface area (Å²) in [6.45, 7) is 2.15. The average molecular weight is 439 g/mol. The van der Waals surface area contributed by atoms with Crippen molar-refractivity contribution in [3.63, 3.8) is 0 Å². The predicted molar refractivity (Wildman–Crippen MR) is 133 cm³/mol. The van der Waals surface area contributed by atoms with Gasteiger partial charge in [0.25, 0.3) is 0 Å². The third-order valence-electron chi connectivity index (χ3n) is 5.76. The Balaban J connectivity index is 1.41. The summed E-state index contributed by atoms with van der Waals surface area (Å²) in [5.41, 5.74) is 7.36. The maximum Gasteiger partial charge on any atom is 0.204 e. The maximum absolute atomic E-state index is 6.00. The molecule has 2 aromatic heterocycles. The molecule has 0 aliphatic heterocycles. The number of aryl methyl sites for hydroxylation is 1. The van der Waals surface area contributed by atoms with Crippen LogP contribution in [-0.2, 0) is 7.05 Å². The zero-order chi connectivity index (χ0) is 22.1. The van der Waals surface area contributed by atoms with E-state index in [0.29, 0.717) is 0 Å². The Hall–Kier alpha value is -3.63. The minimum absolute atomic E-state index is 0.160. The number of benzene rings is 3. The quantitative estimate of drug-likeness (QED) is 0.317. The van der Waals surface area contributed by atoms with E-state index in [4.69, 9.17) is 16.6 Å². The van der Waals surface area contributed by atoms with Crippen LogP contribution in [-0.4, -0.2) is 14.5 Å². The number of fused-ring (bicyclic) bond motifs is 1. The Morgan fingerprint density at radius 1 is 0.844 bits per heavy atom. The molecule has 158 valence electrons. The van der Waals surface area contributed by atoms with E-state index in [9.17, 15) is 0 Å². The Kier molecular flexibility index (Phi) is 5.38. The van der Waals surface area contributed by atoms with Crippen LogP contribution < -0.4 is 5.32 Å². The molecule has 0 saturated carbocycles. The van der Waals surface area contributed by atoms with E-state index in [1.807, 2.05) is 49.6 Å². The standard InChI is InChI=1S/C27H23ClN4/c1-18(19-6-4-3-5-7-19)30-27-31-25-16-21(11-15-26(25)32(27)2)24-14-10-22(17-29-24)20-8-12-23(28)13-9-20/h3-18H,1-2H3,(H,30,31)/t18-/m0/s1. The van der Waals surface area contributed by atoms with Gasteiger partial charge in [0.1, 0.15) is 0 Å². The molecule has 1 N–H and O–H groups in total. The summed E-state index contributed by atoms with van der Waals surface area (Å²) in [6.07, 6.45) is 1.90. The summed E-state index contributed by atoms with van der Waals surface area (Å²) in [5.74, 6) is 0.847. The molecule has 0 spiro atoms. The van der Waals surface area contributed by atoms with Crippen LogP contribution in [0.15, 0.2) is 91.1 Å². The van der Waals surface area contributed by atoms with Gasteiger partial charge in [-0.15, -0.1) is 0 Å². The van der Waals surface area contributed by atoms with Crippen LogP contribution >= 0.6 is 11.6 Å². The van der Waals surface area contributed by atoms with Gasteiger partial charge in [-0.1, -0.05) is 66.2 Å². The third kappa shape index (κ3) is 3.97. The molecule has 0 fully saturated rings. The van der Waals surface area contributed by atoms with Crippen molar-refractivity contribution in [2.75, 3.05) is 5.32 Å². The fourth-order valence-corrected chi connectivity index (χ4v) is 4.01. The van der Waals surface area contributed by atoms with Crippen LogP contribution in [0.25, 0.3) is 33.4 Å². The number of aromatic nitrogens is 3. The van der Waals surface area contributed by atoms with E-state index in [0.717, 1.165) is 44.4 Å². The molecule has 5 heteroatoms. The van der Waals surface area contributed by atoms with Crippen molar-refractivity contribution in [2.24, 2.45) is 7.05 Å². The first kappa shape index (κ1) is 20.3. The highest BCUT2D eigenvalue weighted by Gasteiger charge is 2.13. The van der Waals surface area contributed by atoms with Gasteiger partial charge >= 0.3 is 0 Å². The van der Waals surface area contributed by atoms with Gasteiger partial charge in [0, 0.05) is 29.4 Å². The first-order valence-corrected chi connectivity index (χ1v) is 11.0. The highest BCUT2D eigenvalue weighted by atomic mass is 35.5. The minimum Gasteiger partial charge on any atom is -0.349 e. The van der Waals surface area contributed by atoms with Gasteiger partial charge in [0.15, 0.2) is 0 Å². The van der Waals surface area contributed by atoms with Crippen molar-refractivity contribution in [1.82, 2.24) is 14.5 Å². The van der Waals surface area contributed by atoms with Gasteiger partial charge < -0.3 is 9.88 Å². The van der Waals surface area contributed by atoms with E-state index in [2.05, 4.69) is 70.3 Å². The highest BCUT2D eigenvalue weighted by molar-refractivity contribution is 6.30. The summed E-state index contributed by atoms with van der Waals surface area (Å²) in [5, 5.41) is 4.26. The van der Waals surface area contributed by atoms with E-state index >= 15 is 0 Å². The highest BCUT2D eigenvalue weighted by Crippen LogP contribution is 2.28. The molecule has 2 heterocycles. The van der Waals surface area contributed by atoms with Crippen LogP contribution in [0.1, 0.15) is 18.5 Å². The molecular formula is C27H23ClN4. The summed E-state index contributed by atoms with van der Waals surface area (Å²) >= 11 is 6.00. The van der Waals surface area contributed by atoms with Gasteiger partial charge in [0.2, 0.25) is 5.95 Å². The van der Waals surface area contributed by atoms with E-state index in [1.165, 1.54) is 5.56 Å². The van der Waals surface area contributed by atoms with Crippen molar-refractivity contribution < 1.29 is 0 Å². The number of anilines is 1. The Morgan fingerprint density at radius 2 is 1.56 bits per heavy atom. The predicted octanol–water partition coefficient (Wildman–Crippen LogP) is 7.13. The summed E-state index contributed by atoms with van der Waals surface area (Å²) in [4.78, 5) is 9.54. The molecule has 0 aliphatic rings. The lowest BCUT2D eigenvalue weighted by Gasteiger charge is -2.14. The minimum atomic E-state index is 0.160. The van der Waals surface area contributed by atoms with Gasteiger partial charge in [0.05, 0.1) is 22.8 Å². The lowest BCUT2D eigenvalue weighted by Crippen LogP contribution is -2.10. The number of hydrogen-bond donors (Lipinski definition) is 1. The molecule has 0 unspecified atom stereocenters. The van der Waals surface area contributed by atoms with E-state index < -0.39 is 0 Å². The molecule has 3 aromatic carbocycles. The maximum atomic E-state index is 6.00. The number of nitrogens with zero attached hydrogens (tertiary/aromatic N) is 3. The smallest absolute Gasteiger partial charge is 0.204 e. The number of imidazole rings is 1. The fraction of sp³-hybridized carbons (Fsp3) is 0.111. The number of hydrogen-bond acceptors (Lipinski definition) is 3. The largest absolute Gasteiger partial charge is 0.349 e. The number of rotatable bonds is 5. The zero-order valence-electron chi connectivity index (χ0n) is 18.0. The molecular weight excluding hydrogens is 416 g/mol. The molecule has 5 aromatic rings. The van der Waals surface area contributed by atoms with Crippen molar-refractivity contribution in [3.05, 3.63) is 102 Å². The second-order valence-electron chi connectivity index (χ2n) is 7.91. The summed E-state index contributed by atoms with van der Waals surface area (Å²) in [7, 11) is 2.04.